The van der Waals surface area contributed by atoms with Gasteiger partial charge >= 0.3 is 0 Å². The third-order valence-electron chi connectivity index (χ3n) is 5.67. The predicted molar refractivity (Wildman–Crippen MR) is 119 cm³/mol. The molecule has 1 N–H and O–H groups in total. The van der Waals surface area contributed by atoms with Crippen LogP contribution in [0.4, 0.5) is 0 Å². The van der Waals surface area contributed by atoms with Gasteiger partial charge in [-0.15, -0.1) is 0 Å². The summed E-state index contributed by atoms with van der Waals surface area (Å²) in [6.45, 7) is 18.0. The van der Waals surface area contributed by atoms with Crippen LogP contribution >= 0.6 is 0 Å². The maximum Gasteiger partial charge on any atom is 0.192 e. The Bertz CT molecular complexity index is 616. The van der Waals surface area contributed by atoms with Gasteiger partial charge in [-0.25, -0.2) is 0 Å². The van der Waals surface area contributed by atoms with Gasteiger partial charge in [0.1, 0.15) is 5.75 Å². The van der Waals surface area contributed by atoms with Gasteiger partial charge in [0, 0.05) is 5.92 Å². The number of benzene rings is 1. The molecule has 0 heterocycles. The molecule has 0 bridgehead atoms. The Hall–Kier alpha value is -1.14. The van der Waals surface area contributed by atoms with Crippen LogP contribution in [0.2, 0.25) is 18.1 Å². The molecule has 1 aromatic carbocycles. The van der Waals surface area contributed by atoms with Crippen molar-refractivity contribution in [1.82, 2.24) is 0 Å². The zero-order chi connectivity index (χ0) is 21.5. The molecule has 0 unspecified atom stereocenters. The molecule has 0 spiro atoms. The maximum absolute atomic E-state index is 9.41. The molecule has 0 aliphatic carbocycles. The van der Waals surface area contributed by atoms with Crippen LogP contribution in [0, 0.1) is 5.92 Å². The Morgan fingerprint density at radius 2 is 1.71 bits per heavy atom. The van der Waals surface area contributed by atoms with E-state index in [1.165, 1.54) is 0 Å². The molecule has 1 rings (SSSR count). The minimum absolute atomic E-state index is 0.0446. The number of aliphatic hydroxyl groups is 1. The van der Waals surface area contributed by atoms with Gasteiger partial charge in [0.15, 0.2) is 8.32 Å². The highest BCUT2D eigenvalue weighted by Gasteiger charge is 2.40. The van der Waals surface area contributed by atoms with Crippen molar-refractivity contribution >= 4 is 8.32 Å². The van der Waals surface area contributed by atoms with Crippen LogP contribution in [0.15, 0.2) is 35.9 Å². The van der Waals surface area contributed by atoms with Crippen molar-refractivity contribution in [3.05, 3.63) is 41.5 Å². The molecule has 0 aromatic heterocycles. The van der Waals surface area contributed by atoms with E-state index in [0.29, 0.717) is 6.61 Å². The molecular formula is C23H40O4Si. The molecule has 160 valence electrons. The Morgan fingerprint density at radius 1 is 1.14 bits per heavy atom. The maximum atomic E-state index is 9.41. The van der Waals surface area contributed by atoms with Gasteiger partial charge in [-0.05, 0) is 49.7 Å². The van der Waals surface area contributed by atoms with Crippen molar-refractivity contribution in [2.24, 2.45) is 5.92 Å². The standard InChI is InChI=1S/C23H40O4Si/c1-17(15-24)14-18(2)22(19(3)27-28(8,9)23(4,5)6)26-16-20-10-12-21(25-7)13-11-20/h10-14,18-19,22,24H,15-16H2,1-9H3/b17-14+/t18-,19-,22+/m0/s1. The predicted octanol–water partition coefficient (Wildman–Crippen LogP) is 5.57. The zero-order valence-electron chi connectivity index (χ0n) is 19.2. The molecule has 0 aliphatic rings. The number of aliphatic hydroxyl groups excluding tert-OH is 1. The van der Waals surface area contributed by atoms with Crippen LogP contribution in [0.3, 0.4) is 0 Å². The molecular weight excluding hydrogens is 368 g/mol. The summed E-state index contributed by atoms with van der Waals surface area (Å²) in [4.78, 5) is 0. The summed E-state index contributed by atoms with van der Waals surface area (Å²) in [5, 5.41) is 9.55. The van der Waals surface area contributed by atoms with Crippen LogP contribution in [-0.4, -0.2) is 39.3 Å². The molecule has 0 saturated heterocycles. The van der Waals surface area contributed by atoms with Crippen molar-refractivity contribution in [1.29, 1.82) is 0 Å². The van der Waals surface area contributed by atoms with Crippen molar-refractivity contribution in [3.8, 4) is 5.75 Å². The van der Waals surface area contributed by atoms with E-state index in [2.05, 4.69) is 53.8 Å². The van der Waals surface area contributed by atoms with E-state index < -0.39 is 8.32 Å². The first-order valence-corrected chi connectivity index (χ1v) is 13.0. The number of hydrogen-bond donors (Lipinski definition) is 1. The van der Waals surface area contributed by atoms with Crippen molar-refractivity contribution in [3.63, 3.8) is 0 Å². The van der Waals surface area contributed by atoms with E-state index in [0.717, 1.165) is 16.9 Å². The van der Waals surface area contributed by atoms with Crippen molar-refractivity contribution in [2.75, 3.05) is 13.7 Å². The van der Waals surface area contributed by atoms with Crippen LogP contribution < -0.4 is 4.74 Å². The summed E-state index contributed by atoms with van der Waals surface area (Å²) in [6, 6.07) is 7.94. The summed E-state index contributed by atoms with van der Waals surface area (Å²) in [7, 11) is -0.247. The Labute approximate surface area is 173 Å². The highest BCUT2D eigenvalue weighted by Crippen LogP contribution is 2.38. The second-order valence-electron chi connectivity index (χ2n) is 9.24. The lowest BCUT2D eigenvalue weighted by molar-refractivity contribution is -0.0514. The Balaban J connectivity index is 2.97. The van der Waals surface area contributed by atoms with Crippen LogP contribution in [0.1, 0.15) is 47.1 Å². The summed E-state index contributed by atoms with van der Waals surface area (Å²) < 4.78 is 18.2. The number of hydrogen-bond acceptors (Lipinski definition) is 4. The monoisotopic (exact) mass is 408 g/mol. The van der Waals surface area contributed by atoms with E-state index in [1.54, 1.807) is 7.11 Å². The fourth-order valence-electron chi connectivity index (χ4n) is 2.93. The van der Waals surface area contributed by atoms with E-state index >= 15 is 0 Å². The molecule has 28 heavy (non-hydrogen) atoms. The summed E-state index contributed by atoms with van der Waals surface area (Å²) in [5.74, 6) is 0.968. The molecule has 5 heteroatoms. The molecule has 0 aliphatic heterocycles. The number of ether oxygens (including phenoxy) is 2. The summed E-state index contributed by atoms with van der Waals surface area (Å²) in [5.41, 5.74) is 2.05. The highest BCUT2D eigenvalue weighted by atomic mass is 28.4. The number of rotatable bonds is 10. The van der Waals surface area contributed by atoms with Gasteiger partial charge in [0.25, 0.3) is 0 Å². The van der Waals surface area contributed by atoms with E-state index in [-0.39, 0.29) is 29.8 Å². The Kier molecular flexibility index (Phi) is 9.41. The largest absolute Gasteiger partial charge is 0.497 e. The molecule has 1 aromatic rings. The first-order valence-electron chi connectivity index (χ1n) is 10.1. The zero-order valence-corrected chi connectivity index (χ0v) is 20.2. The third-order valence-corrected chi connectivity index (χ3v) is 10.2. The Morgan fingerprint density at radius 3 is 2.18 bits per heavy atom. The topological polar surface area (TPSA) is 47.9 Å². The average molecular weight is 409 g/mol. The van der Waals surface area contributed by atoms with E-state index in [4.69, 9.17) is 13.9 Å². The SMILES string of the molecule is COc1ccc(CO[C@@H]([C@H](C)O[Si](C)(C)C(C)(C)C)[C@@H](C)/C=C(\C)CO)cc1. The molecule has 4 nitrogen and oxygen atoms in total. The molecule has 0 fully saturated rings. The smallest absolute Gasteiger partial charge is 0.192 e. The minimum Gasteiger partial charge on any atom is -0.497 e. The average Bonchev–Trinajstić information content (AvgIpc) is 2.60. The summed E-state index contributed by atoms with van der Waals surface area (Å²) >= 11 is 0. The minimum atomic E-state index is -1.91. The fraction of sp³-hybridized carbons (Fsp3) is 0.652. The highest BCUT2D eigenvalue weighted by molar-refractivity contribution is 6.74. The van der Waals surface area contributed by atoms with Gasteiger partial charge in [0.2, 0.25) is 0 Å². The third kappa shape index (κ3) is 7.36. The fourth-order valence-corrected chi connectivity index (χ4v) is 4.35. The molecule has 0 amide bonds. The van der Waals surface area contributed by atoms with Gasteiger partial charge in [-0.3, -0.25) is 0 Å². The van der Waals surface area contributed by atoms with Crippen LogP contribution in [-0.2, 0) is 15.8 Å². The van der Waals surface area contributed by atoms with Gasteiger partial charge < -0.3 is 19.0 Å². The van der Waals surface area contributed by atoms with Gasteiger partial charge in [-0.1, -0.05) is 51.5 Å². The number of methoxy groups -OCH3 is 1. The van der Waals surface area contributed by atoms with E-state index in [9.17, 15) is 5.11 Å². The first-order chi connectivity index (χ1) is 12.9. The lowest BCUT2D eigenvalue weighted by Gasteiger charge is -2.41. The molecule has 0 saturated carbocycles. The molecule has 3 atom stereocenters. The van der Waals surface area contributed by atoms with Crippen LogP contribution in [0.5, 0.6) is 5.75 Å². The lowest BCUT2D eigenvalue weighted by Crippen LogP contribution is -2.47. The van der Waals surface area contributed by atoms with Crippen LogP contribution in [0.25, 0.3) is 0 Å². The van der Waals surface area contributed by atoms with Crippen molar-refractivity contribution < 1.29 is 19.0 Å². The second kappa shape index (κ2) is 10.6. The quantitative estimate of drug-likeness (QED) is 0.406. The van der Waals surface area contributed by atoms with Gasteiger partial charge in [-0.2, -0.15) is 0 Å². The normalized spacial score (nSPS) is 16.6. The lowest BCUT2D eigenvalue weighted by atomic mass is 9.98. The van der Waals surface area contributed by atoms with Gasteiger partial charge in [0.05, 0.1) is 32.5 Å². The van der Waals surface area contributed by atoms with Crippen molar-refractivity contribution in [2.45, 2.75) is 78.5 Å². The second-order valence-corrected chi connectivity index (χ2v) is 14.0. The molecule has 0 radical (unpaired) electrons. The summed E-state index contributed by atoms with van der Waals surface area (Å²) in [6.07, 6.45) is 1.94. The van der Waals surface area contributed by atoms with E-state index in [1.807, 2.05) is 31.2 Å². The first kappa shape index (κ1) is 24.9.